The number of carbonyl (C=O) groups is 1. The van der Waals surface area contributed by atoms with E-state index in [2.05, 4.69) is 29.7 Å². The molecule has 0 aliphatic heterocycles. The van der Waals surface area contributed by atoms with Crippen LogP contribution in [0.25, 0.3) is 0 Å². The normalized spacial score (nSPS) is 10.3. The minimum absolute atomic E-state index is 0.265. The van der Waals surface area contributed by atoms with E-state index in [1.165, 1.54) is 5.56 Å². The molecule has 0 atom stereocenters. The van der Waals surface area contributed by atoms with Gasteiger partial charge in [-0.3, -0.25) is 10.1 Å². The predicted molar refractivity (Wildman–Crippen MR) is 122 cm³/mol. The Balaban J connectivity index is 1.62. The zero-order chi connectivity index (χ0) is 20.8. The summed E-state index contributed by atoms with van der Waals surface area (Å²) in [4.78, 5) is 12.6. The highest BCUT2D eigenvalue weighted by atomic mass is 32.1. The van der Waals surface area contributed by atoms with E-state index in [9.17, 15) is 4.79 Å². The number of rotatable bonds is 5. The van der Waals surface area contributed by atoms with Crippen molar-refractivity contribution in [1.29, 1.82) is 0 Å². The standard InChI is InChI=1S/C24H24N2O2S/c1-16-12-17(2)22(18(3)13-16)25-24(29)26-23(27)20-10-7-11-21(14-20)28-15-19-8-5-4-6-9-19/h4-14H,15H2,1-3H3,(H2,25,26,27,29). The number of hydrogen-bond donors (Lipinski definition) is 2. The Labute approximate surface area is 176 Å². The van der Waals surface area contributed by atoms with E-state index in [0.29, 0.717) is 17.9 Å². The van der Waals surface area contributed by atoms with E-state index in [-0.39, 0.29) is 11.0 Å². The minimum Gasteiger partial charge on any atom is -0.489 e. The Bertz CT molecular complexity index is 1010. The van der Waals surface area contributed by atoms with Crippen LogP contribution in [-0.2, 0) is 6.61 Å². The second kappa shape index (κ2) is 9.34. The van der Waals surface area contributed by atoms with Gasteiger partial charge in [-0.25, -0.2) is 0 Å². The highest BCUT2D eigenvalue weighted by Gasteiger charge is 2.11. The molecule has 0 aliphatic carbocycles. The average molecular weight is 405 g/mol. The summed E-state index contributed by atoms with van der Waals surface area (Å²) >= 11 is 5.34. The number of anilines is 1. The quantitative estimate of drug-likeness (QED) is 0.565. The number of hydrogen-bond acceptors (Lipinski definition) is 3. The fourth-order valence-electron chi connectivity index (χ4n) is 3.17. The SMILES string of the molecule is Cc1cc(C)c(NC(=S)NC(=O)c2cccc(OCc3ccccc3)c2)c(C)c1. The molecule has 148 valence electrons. The van der Waals surface area contributed by atoms with Crippen molar-refractivity contribution in [3.05, 3.63) is 94.5 Å². The third-order valence-corrected chi connectivity index (χ3v) is 4.69. The van der Waals surface area contributed by atoms with Gasteiger partial charge in [0.25, 0.3) is 5.91 Å². The van der Waals surface area contributed by atoms with E-state index in [1.54, 1.807) is 18.2 Å². The van der Waals surface area contributed by atoms with Crippen LogP contribution in [0.5, 0.6) is 5.75 Å². The number of carbonyl (C=O) groups excluding carboxylic acids is 1. The molecule has 0 aliphatic rings. The van der Waals surface area contributed by atoms with Crippen LogP contribution < -0.4 is 15.4 Å². The Morgan fingerprint density at radius 3 is 2.31 bits per heavy atom. The van der Waals surface area contributed by atoms with Gasteiger partial charge >= 0.3 is 0 Å². The van der Waals surface area contributed by atoms with Crippen LogP contribution in [0, 0.1) is 20.8 Å². The van der Waals surface area contributed by atoms with Crippen molar-refractivity contribution in [2.24, 2.45) is 0 Å². The summed E-state index contributed by atoms with van der Waals surface area (Å²) in [7, 11) is 0. The topological polar surface area (TPSA) is 50.4 Å². The summed E-state index contributed by atoms with van der Waals surface area (Å²) in [5.41, 5.74) is 5.81. The van der Waals surface area contributed by atoms with Gasteiger partial charge < -0.3 is 10.1 Å². The summed E-state index contributed by atoms with van der Waals surface area (Å²) in [6, 6.07) is 21.1. The molecule has 1 amide bonds. The van der Waals surface area contributed by atoms with Crippen LogP contribution in [0.2, 0.25) is 0 Å². The molecule has 5 heteroatoms. The first-order valence-electron chi connectivity index (χ1n) is 9.39. The van der Waals surface area contributed by atoms with Gasteiger partial charge in [0.15, 0.2) is 5.11 Å². The molecule has 0 saturated carbocycles. The number of nitrogens with one attached hydrogen (secondary N) is 2. The lowest BCUT2D eigenvalue weighted by Gasteiger charge is -2.15. The number of aryl methyl sites for hydroxylation is 3. The van der Waals surface area contributed by atoms with E-state index in [4.69, 9.17) is 17.0 Å². The fraction of sp³-hybridized carbons (Fsp3) is 0.167. The molecule has 0 heterocycles. The van der Waals surface area contributed by atoms with Crippen molar-refractivity contribution in [2.45, 2.75) is 27.4 Å². The first kappa shape index (κ1) is 20.6. The first-order chi connectivity index (χ1) is 13.9. The van der Waals surface area contributed by atoms with Gasteiger partial charge in [-0.1, -0.05) is 54.1 Å². The number of thiocarbonyl (C=S) groups is 1. The maximum atomic E-state index is 12.6. The van der Waals surface area contributed by atoms with Crippen LogP contribution >= 0.6 is 12.2 Å². The maximum absolute atomic E-state index is 12.6. The van der Waals surface area contributed by atoms with Crippen LogP contribution in [0.15, 0.2) is 66.7 Å². The number of ether oxygens (including phenoxy) is 1. The third-order valence-electron chi connectivity index (χ3n) is 4.49. The van der Waals surface area contributed by atoms with Crippen molar-refractivity contribution in [3.63, 3.8) is 0 Å². The number of amides is 1. The highest BCUT2D eigenvalue weighted by Crippen LogP contribution is 2.22. The lowest BCUT2D eigenvalue weighted by molar-refractivity contribution is 0.0977. The molecular formula is C24H24N2O2S. The predicted octanol–water partition coefficient (Wildman–Crippen LogP) is 5.32. The third kappa shape index (κ3) is 5.65. The largest absolute Gasteiger partial charge is 0.489 e. The molecule has 3 rings (SSSR count). The molecular weight excluding hydrogens is 380 g/mol. The second-order valence-corrected chi connectivity index (χ2v) is 7.39. The fourth-order valence-corrected chi connectivity index (χ4v) is 3.36. The lowest BCUT2D eigenvalue weighted by atomic mass is 10.1. The van der Waals surface area contributed by atoms with Gasteiger partial charge in [-0.05, 0) is 67.9 Å². The zero-order valence-electron chi connectivity index (χ0n) is 16.8. The summed E-state index contributed by atoms with van der Waals surface area (Å²) in [6.07, 6.45) is 0. The Hall–Kier alpha value is -3.18. The van der Waals surface area contributed by atoms with Crippen molar-refractivity contribution in [2.75, 3.05) is 5.32 Å². The molecule has 2 N–H and O–H groups in total. The lowest BCUT2D eigenvalue weighted by Crippen LogP contribution is -2.34. The molecule has 3 aromatic carbocycles. The summed E-state index contributed by atoms with van der Waals surface area (Å²) in [6.45, 7) is 6.52. The molecule has 0 aromatic heterocycles. The molecule has 0 spiro atoms. The van der Waals surface area contributed by atoms with Gasteiger partial charge in [0.2, 0.25) is 0 Å². The van der Waals surface area contributed by atoms with E-state index in [1.807, 2.05) is 50.2 Å². The summed E-state index contributed by atoms with van der Waals surface area (Å²) in [5.74, 6) is 0.348. The number of benzene rings is 3. The van der Waals surface area contributed by atoms with Crippen molar-refractivity contribution in [1.82, 2.24) is 5.32 Å². The van der Waals surface area contributed by atoms with Crippen molar-refractivity contribution < 1.29 is 9.53 Å². The van der Waals surface area contributed by atoms with Crippen molar-refractivity contribution in [3.8, 4) is 5.75 Å². The van der Waals surface area contributed by atoms with Gasteiger partial charge in [-0.15, -0.1) is 0 Å². The van der Waals surface area contributed by atoms with Crippen LogP contribution in [0.1, 0.15) is 32.6 Å². The Kier molecular flexibility index (Phi) is 6.62. The van der Waals surface area contributed by atoms with Crippen LogP contribution in [0.4, 0.5) is 5.69 Å². The molecule has 0 saturated heterocycles. The zero-order valence-corrected chi connectivity index (χ0v) is 17.6. The monoisotopic (exact) mass is 404 g/mol. The molecule has 0 radical (unpaired) electrons. The average Bonchev–Trinajstić information content (AvgIpc) is 2.70. The highest BCUT2D eigenvalue weighted by molar-refractivity contribution is 7.80. The van der Waals surface area contributed by atoms with Gasteiger partial charge in [0.05, 0.1) is 0 Å². The second-order valence-electron chi connectivity index (χ2n) is 6.98. The summed E-state index contributed by atoms with van der Waals surface area (Å²) < 4.78 is 5.80. The molecule has 3 aromatic rings. The molecule has 0 bridgehead atoms. The molecule has 4 nitrogen and oxygen atoms in total. The van der Waals surface area contributed by atoms with Gasteiger partial charge in [-0.2, -0.15) is 0 Å². The first-order valence-corrected chi connectivity index (χ1v) is 9.80. The Morgan fingerprint density at radius 2 is 1.62 bits per heavy atom. The molecule has 29 heavy (non-hydrogen) atoms. The van der Waals surface area contributed by atoms with Gasteiger partial charge in [0.1, 0.15) is 12.4 Å². The van der Waals surface area contributed by atoms with E-state index >= 15 is 0 Å². The Morgan fingerprint density at radius 1 is 0.931 bits per heavy atom. The van der Waals surface area contributed by atoms with E-state index < -0.39 is 0 Å². The van der Waals surface area contributed by atoms with Gasteiger partial charge in [0, 0.05) is 11.3 Å². The minimum atomic E-state index is -0.282. The molecule has 0 fully saturated rings. The van der Waals surface area contributed by atoms with Crippen LogP contribution in [0.3, 0.4) is 0 Å². The summed E-state index contributed by atoms with van der Waals surface area (Å²) in [5, 5.41) is 6.14. The molecule has 0 unspecified atom stereocenters. The van der Waals surface area contributed by atoms with Crippen LogP contribution in [-0.4, -0.2) is 11.0 Å². The maximum Gasteiger partial charge on any atom is 0.257 e. The van der Waals surface area contributed by atoms with E-state index in [0.717, 1.165) is 22.4 Å². The smallest absolute Gasteiger partial charge is 0.257 e. The van der Waals surface area contributed by atoms with Crippen molar-refractivity contribution >= 4 is 28.9 Å².